The van der Waals surface area contributed by atoms with E-state index in [9.17, 15) is 13.6 Å². The molecule has 3 rings (SSSR count). The summed E-state index contributed by atoms with van der Waals surface area (Å²) in [6.45, 7) is 0. The maximum atomic E-state index is 14.0. The van der Waals surface area contributed by atoms with E-state index in [0.717, 1.165) is 18.2 Å². The van der Waals surface area contributed by atoms with E-state index >= 15 is 0 Å². The van der Waals surface area contributed by atoms with Crippen LogP contribution in [0, 0.1) is 11.6 Å². The van der Waals surface area contributed by atoms with Crippen LogP contribution in [0.3, 0.4) is 0 Å². The lowest BCUT2D eigenvalue weighted by Crippen LogP contribution is -1.97. The number of benzene rings is 2. The topological polar surface area (TPSA) is 34.9 Å². The second kappa shape index (κ2) is 6.22. The second-order valence-electron chi connectivity index (χ2n) is 4.69. The SMILES string of the molecule is O=Cc1c(-c2cc(F)ccc2F)nn(-c2cccc(Cl)c2)c1Br. The molecule has 7 heteroatoms. The number of aromatic nitrogens is 2. The summed E-state index contributed by atoms with van der Waals surface area (Å²) >= 11 is 9.23. The van der Waals surface area contributed by atoms with E-state index in [1.54, 1.807) is 24.3 Å². The highest BCUT2D eigenvalue weighted by atomic mass is 79.9. The van der Waals surface area contributed by atoms with Gasteiger partial charge in [-0.1, -0.05) is 17.7 Å². The molecule has 23 heavy (non-hydrogen) atoms. The molecule has 0 amide bonds. The van der Waals surface area contributed by atoms with E-state index in [-0.39, 0.29) is 16.8 Å². The van der Waals surface area contributed by atoms with Gasteiger partial charge in [0.1, 0.15) is 21.9 Å². The fourth-order valence-corrected chi connectivity index (χ4v) is 2.92. The molecule has 0 N–H and O–H groups in total. The number of carbonyl (C=O) groups is 1. The van der Waals surface area contributed by atoms with Crippen LogP contribution in [0.25, 0.3) is 16.9 Å². The van der Waals surface area contributed by atoms with Crippen LogP contribution in [0.2, 0.25) is 5.02 Å². The highest BCUT2D eigenvalue weighted by Gasteiger charge is 2.21. The van der Waals surface area contributed by atoms with Crippen molar-refractivity contribution < 1.29 is 13.6 Å². The number of aldehydes is 1. The summed E-state index contributed by atoms with van der Waals surface area (Å²) in [5.41, 5.74) is 0.655. The molecule has 0 aliphatic heterocycles. The van der Waals surface area contributed by atoms with Gasteiger partial charge in [0, 0.05) is 10.6 Å². The van der Waals surface area contributed by atoms with Crippen LogP contribution in [-0.4, -0.2) is 16.1 Å². The third kappa shape index (κ3) is 2.92. The third-order valence-electron chi connectivity index (χ3n) is 3.22. The molecule has 1 aromatic heterocycles. The lowest BCUT2D eigenvalue weighted by Gasteiger charge is -2.03. The van der Waals surface area contributed by atoms with Crippen LogP contribution >= 0.6 is 27.5 Å². The Morgan fingerprint density at radius 1 is 1.17 bits per heavy atom. The van der Waals surface area contributed by atoms with Gasteiger partial charge in [-0.2, -0.15) is 5.10 Å². The Bertz CT molecular complexity index is 911. The van der Waals surface area contributed by atoms with E-state index in [4.69, 9.17) is 11.6 Å². The van der Waals surface area contributed by atoms with Crippen molar-refractivity contribution in [3.05, 3.63) is 69.3 Å². The van der Waals surface area contributed by atoms with Gasteiger partial charge in [0.05, 0.1) is 11.3 Å². The van der Waals surface area contributed by atoms with Gasteiger partial charge in [-0.3, -0.25) is 4.79 Å². The molecule has 0 radical (unpaired) electrons. The zero-order valence-corrected chi connectivity index (χ0v) is 13.8. The molecule has 3 nitrogen and oxygen atoms in total. The van der Waals surface area contributed by atoms with Crippen molar-refractivity contribution >= 4 is 33.8 Å². The van der Waals surface area contributed by atoms with Gasteiger partial charge in [-0.25, -0.2) is 13.5 Å². The molecule has 3 aromatic rings. The van der Waals surface area contributed by atoms with E-state index in [2.05, 4.69) is 21.0 Å². The largest absolute Gasteiger partial charge is 0.298 e. The Hall–Kier alpha value is -2.05. The van der Waals surface area contributed by atoms with Crippen molar-refractivity contribution in [2.24, 2.45) is 0 Å². The van der Waals surface area contributed by atoms with Gasteiger partial charge in [-0.05, 0) is 52.3 Å². The first-order valence-corrected chi connectivity index (χ1v) is 7.63. The number of carbonyl (C=O) groups excluding carboxylic acids is 1. The van der Waals surface area contributed by atoms with Crippen LogP contribution in [0.5, 0.6) is 0 Å². The lowest BCUT2D eigenvalue weighted by molar-refractivity contribution is 0.112. The Balaban J connectivity index is 2.25. The smallest absolute Gasteiger partial charge is 0.155 e. The molecule has 0 bridgehead atoms. The van der Waals surface area contributed by atoms with Gasteiger partial charge in [0.2, 0.25) is 0 Å². The Labute approximate surface area is 143 Å². The minimum Gasteiger partial charge on any atom is -0.298 e. The molecule has 2 aromatic carbocycles. The van der Waals surface area contributed by atoms with Crippen LogP contribution in [0.4, 0.5) is 8.78 Å². The van der Waals surface area contributed by atoms with Crippen molar-refractivity contribution in [2.45, 2.75) is 0 Å². The standard InChI is InChI=1S/C16H8BrClF2N2O/c17-16-13(8-23)15(12-7-10(19)4-5-14(12)20)21-22(16)11-3-1-2-9(18)6-11/h1-8H. The molecule has 0 aliphatic carbocycles. The average Bonchev–Trinajstić information content (AvgIpc) is 2.86. The van der Waals surface area contributed by atoms with Gasteiger partial charge < -0.3 is 0 Å². The van der Waals surface area contributed by atoms with Gasteiger partial charge in [0.25, 0.3) is 0 Å². The van der Waals surface area contributed by atoms with E-state index < -0.39 is 11.6 Å². The molecule has 0 saturated heterocycles. The molecule has 0 unspecified atom stereocenters. The quantitative estimate of drug-likeness (QED) is 0.580. The number of rotatable bonds is 3. The molecule has 0 fully saturated rings. The Morgan fingerprint density at radius 3 is 2.65 bits per heavy atom. The fraction of sp³-hybridized carbons (Fsp3) is 0. The Morgan fingerprint density at radius 2 is 1.96 bits per heavy atom. The molecule has 0 aliphatic rings. The summed E-state index contributed by atoms with van der Waals surface area (Å²) < 4.78 is 29.2. The first kappa shape index (κ1) is 15.8. The Kier molecular flexibility index (Phi) is 4.28. The molecular weight excluding hydrogens is 390 g/mol. The van der Waals surface area contributed by atoms with Crippen molar-refractivity contribution in [3.63, 3.8) is 0 Å². The number of hydrogen-bond donors (Lipinski definition) is 0. The van der Waals surface area contributed by atoms with Crippen LogP contribution < -0.4 is 0 Å². The minimum atomic E-state index is -0.669. The van der Waals surface area contributed by atoms with Crippen molar-refractivity contribution in [1.82, 2.24) is 9.78 Å². The average molecular weight is 398 g/mol. The highest BCUT2D eigenvalue weighted by Crippen LogP contribution is 2.32. The van der Waals surface area contributed by atoms with Crippen LogP contribution in [0.1, 0.15) is 10.4 Å². The number of hydrogen-bond acceptors (Lipinski definition) is 2. The maximum absolute atomic E-state index is 14.0. The number of halogens is 4. The van der Waals surface area contributed by atoms with E-state index in [0.29, 0.717) is 21.6 Å². The van der Waals surface area contributed by atoms with Gasteiger partial charge in [0.15, 0.2) is 6.29 Å². The molecule has 0 atom stereocenters. The molecule has 1 heterocycles. The predicted octanol–water partition coefficient (Wildman–Crippen LogP) is 5.05. The summed E-state index contributed by atoms with van der Waals surface area (Å²) in [6.07, 6.45) is 0.539. The summed E-state index contributed by atoms with van der Waals surface area (Å²) in [5, 5.41) is 4.72. The molecule has 0 spiro atoms. The maximum Gasteiger partial charge on any atom is 0.155 e. The minimum absolute atomic E-state index is 0.0452. The predicted molar refractivity (Wildman–Crippen MR) is 87.0 cm³/mol. The normalized spacial score (nSPS) is 10.8. The van der Waals surface area contributed by atoms with E-state index in [1.165, 1.54) is 4.68 Å². The molecular formula is C16H8BrClF2N2O. The highest BCUT2D eigenvalue weighted by molar-refractivity contribution is 9.10. The monoisotopic (exact) mass is 396 g/mol. The zero-order valence-electron chi connectivity index (χ0n) is 11.4. The third-order valence-corrected chi connectivity index (χ3v) is 4.22. The van der Waals surface area contributed by atoms with Crippen molar-refractivity contribution in [2.75, 3.05) is 0 Å². The van der Waals surface area contributed by atoms with Crippen LogP contribution in [0.15, 0.2) is 47.1 Å². The summed E-state index contributed by atoms with van der Waals surface area (Å²) in [5.74, 6) is -1.29. The number of nitrogens with zero attached hydrogens (tertiary/aromatic N) is 2. The first-order valence-electron chi connectivity index (χ1n) is 6.46. The van der Waals surface area contributed by atoms with Crippen molar-refractivity contribution in [3.8, 4) is 16.9 Å². The fourth-order valence-electron chi connectivity index (χ4n) is 2.17. The second-order valence-corrected chi connectivity index (χ2v) is 5.87. The lowest BCUT2D eigenvalue weighted by atomic mass is 10.1. The van der Waals surface area contributed by atoms with Gasteiger partial charge >= 0.3 is 0 Å². The first-order chi connectivity index (χ1) is 11.0. The summed E-state index contributed by atoms with van der Waals surface area (Å²) in [4.78, 5) is 11.4. The zero-order chi connectivity index (χ0) is 16.6. The summed E-state index contributed by atoms with van der Waals surface area (Å²) in [6, 6.07) is 9.77. The van der Waals surface area contributed by atoms with E-state index in [1.807, 2.05) is 0 Å². The molecule has 0 saturated carbocycles. The summed E-state index contributed by atoms with van der Waals surface area (Å²) in [7, 11) is 0. The van der Waals surface area contributed by atoms with Crippen molar-refractivity contribution in [1.29, 1.82) is 0 Å². The molecule has 116 valence electrons. The van der Waals surface area contributed by atoms with Crippen LogP contribution in [-0.2, 0) is 0 Å². The van der Waals surface area contributed by atoms with Gasteiger partial charge in [-0.15, -0.1) is 0 Å².